The van der Waals surface area contributed by atoms with Crippen LogP contribution in [0, 0.1) is 17.7 Å². The molecular weight excluding hydrogens is 295 g/mol. The molecule has 1 heterocycles. The minimum atomic E-state index is -0.242. The van der Waals surface area contributed by atoms with E-state index in [4.69, 9.17) is 0 Å². The van der Waals surface area contributed by atoms with Crippen LogP contribution in [0.25, 0.3) is 0 Å². The van der Waals surface area contributed by atoms with Crippen molar-refractivity contribution >= 4 is 11.8 Å². The van der Waals surface area contributed by atoms with Gasteiger partial charge in [-0.15, -0.1) is 0 Å². The third-order valence-corrected chi connectivity index (χ3v) is 5.24. The molecule has 1 aromatic rings. The first-order valence-electron chi connectivity index (χ1n) is 8.46. The van der Waals surface area contributed by atoms with Gasteiger partial charge >= 0.3 is 0 Å². The lowest BCUT2D eigenvalue weighted by molar-refractivity contribution is -0.141. The molecule has 0 N–H and O–H groups in total. The minimum absolute atomic E-state index is 0.0335. The Hall–Kier alpha value is -1.91. The summed E-state index contributed by atoms with van der Waals surface area (Å²) in [5, 5.41) is 0. The van der Waals surface area contributed by atoms with Crippen molar-refractivity contribution in [2.45, 2.75) is 25.2 Å². The summed E-state index contributed by atoms with van der Waals surface area (Å²) in [6.45, 7) is 2.61. The van der Waals surface area contributed by atoms with Crippen molar-refractivity contribution in [2.75, 3.05) is 26.2 Å². The second kappa shape index (κ2) is 5.62. The van der Waals surface area contributed by atoms with Gasteiger partial charge < -0.3 is 9.80 Å². The third-order valence-electron chi connectivity index (χ3n) is 5.24. The summed E-state index contributed by atoms with van der Waals surface area (Å²) >= 11 is 0. The fourth-order valence-corrected chi connectivity index (χ4v) is 3.52. The molecule has 1 aliphatic heterocycles. The van der Waals surface area contributed by atoms with Crippen LogP contribution in [0.5, 0.6) is 0 Å². The fourth-order valence-electron chi connectivity index (χ4n) is 3.52. The SMILES string of the molecule is O=C(C1CC1)N1CCN(C(=O)[C@@H]2C[C@@H]2c2ccc(F)cc2)CC1. The highest BCUT2D eigenvalue weighted by Gasteiger charge is 2.46. The second-order valence-electron chi connectivity index (χ2n) is 6.93. The zero-order chi connectivity index (χ0) is 16.0. The van der Waals surface area contributed by atoms with Crippen LogP contribution in [0.3, 0.4) is 0 Å². The summed E-state index contributed by atoms with van der Waals surface area (Å²) in [6.07, 6.45) is 2.91. The van der Waals surface area contributed by atoms with Crippen LogP contribution in [-0.4, -0.2) is 47.8 Å². The Morgan fingerprint density at radius 2 is 1.48 bits per heavy atom. The Balaban J connectivity index is 1.31. The monoisotopic (exact) mass is 316 g/mol. The van der Waals surface area contributed by atoms with Crippen molar-refractivity contribution in [1.29, 1.82) is 0 Å². The van der Waals surface area contributed by atoms with Gasteiger partial charge in [-0.05, 0) is 42.9 Å². The van der Waals surface area contributed by atoms with E-state index in [1.54, 1.807) is 12.1 Å². The maximum absolute atomic E-state index is 13.0. The first-order valence-corrected chi connectivity index (χ1v) is 8.46. The summed E-state index contributed by atoms with van der Waals surface area (Å²) in [5.74, 6) is 0.739. The summed E-state index contributed by atoms with van der Waals surface area (Å²) in [5.41, 5.74) is 1.05. The number of piperazine rings is 1. The topological polar surface area (TPSA) is 40.6 Å². The molecule has 2 atom stereocenters. The molecule has 3 fully saturated rings. The van der Waals surface area contributed by atoms with E-state index in [9.17, 15) is 14.0 Å². The lowest BCUT2D eigenvalue weighted by atomic mass is 10.1. The van der Waals surface area contributed by atoms with Gasteiger partial charge in [-0.25, -0.2) is 4.39 Å². The van der Waals surface area contributed by atoms with Crippen molar-refractivity contribution in [3.05, 3.63) is 35.6 Å². The van der Waals surface area contributed by atoms with Gasteiger partial charge in [-0.2, -0.15) is 0 Å². The standard InChI is InChI=1S/C18H21FN2O2/c19-14-5-3-12(4-6-14)15-11-16(15)18(23)21-9-7-20(8-10-21)17(22)13-1-2-13/h3-6,13,15-16H,1-2,7-11H2/t15-,16-/m1/s1. The van der Waals surface area contributed by atoms with Gasteiger partial charge in [0, 0.05) is 38.0 Å². The third kappa shape index (κ3) is 2.96. The van der Waals surface area contributed by atoms with Crippen molar-refractivity contribution in [3.63, 3.8) is 0 Å². The van der Waals surface area contributed by atoms with Crippen LogP contribution >= 0.6 is 0 Å². The van der Waals surface area contributed by atoms with Gasteiger partial charge in [0.25, 0.3) is 0 Å². The summed E-state index contributed by atoms with van der Waals surface area (Å²) in [7, 11) is 0. The minimum Gasteiger partial charge on any atom is -0.339 e. The predicted molar refractivity (Wildman–Crippen MR) is 83.1 cm³/mol. The average molecular weight is 316 g/mol. The molecule has 2 aliphatic carbocycles. The summed E-state index contributed by atoms with van der Waals surface area (Å²) in [4.78, 5) is 28.4. The lowest BCUT2D eigenvalue weighted by Crippen LogP contribution is -2.51. The summed E-state index contributed by atoms with van der Waals surface area (Å²) in [6, 6.07) is 6.47. The zero-order valence-corrected chi connectivity index (χ0v) is 13.1. The number of benzene rings is 1. The van der Waals surface area contributed by atoms with Gasteiger partial charge in [0.1, 0.15) is 5.82 Å². The Bertz CT molecular complexity index is 618. The predicted octanol–water partition coefficient (Wildman–Crippen LogP) is 2.01. The van der Waals surface area contributed by atoms with Gasteiger partial charge in [0.05, 0.1) is 0 Å². The van der Waals surface area contributed by atoms with Crippen LogP contribution in [-0.2, 0) is 9.59 Å². The molecule has 4 nitrogen and oxygen atoms in total. The van der Waals surface area contributed by atoms with E-state index in [0.29, 0.717) is 26.2 Å². The highest BCUT2D eigenvalue weighted by Crippen LogP contribution is 2.48. The number of hydrogen-bond donors (Lipinski definition) is 0. The summed E-state index contributed by atoms with van der Waals surface area (Å²) < 4.78 is 13.0. The number of nitrogens with zero attached hydrogens (tertiary/aromatic N) is 2. The van der Waals surface area contributed by atoms with Gasteiger partial charge in [-0.1, -0.05) is 12.1 Å². The molecule has 122 valence electrons. The largest absolute Gasteiger partial charge is 0.339 e. The first-order chi connectivity index (χ1) is 11.1. The van der Waals surface area contributed by atoms with E-state index >= 15 is 0 Å². The van der Waals surface area contributed by atoms with E-state index in [0.717, 1.165) is 24.8 Å². The van der Waals surface area contributed by atoms with Crippen LogP contribution in [0.1, 0.15) is 30.7 Å². The Morgan fingerprint density at radius 3 is 2.04 bits per heavy atom. The van der Waals surface area contributed by atoms with Crippen molar-refractivity contribution in [3.8, 4) is 0 Å². The maximum atomic E-state index is 13.0. The molecule has 0 bridgehead atoms. The Labute approximate surface area is 135 Å². The van der Waals surface area contributed by atoms with Crippen molar-refractivity contribution in [1.82, 2.24) is 9.80 Å². The van der Waals surface area contributed by atoms with Crippen LogP contribution in [0.15, 0.2) is 24.3 Å². The number of rotatable bonds is 3. The molecule has 5 heteroatoms. The van der Waals surface area contributed by atoms with E-state index in [1.807, 2.05) is 9.80 Å². The number of amides is 2. The number of carbonyl (C=O) groups is 2. The van der Waals surface area contributed by atoms with Gasteiger partial charge in [0.15, 0.2) is 0 Å². The van der Waals surface area contributed by atoms with Crippen molar-refractivity contribution in [2.24, 2.45) is 11.8 Å². The highest BCUT2D eigenvalue weighted by atomic mass is 19.1. The molecule has 1 saturated heterocycles. The van der Waals surface area contributed by atoms with Gasteiger partial charge in [-0.3, -0.25) is 9.59 Å². The quantitative estimate of drug-likeness (QED) is 0.856. The molecule has 3 aliphatic rings. The van der Waals surface area contributed by atoms with Gasteiger partial charge in [0.2, 0.25) is 11.8 Å². The van der Waals surface area contributed by atoms with Crippen LogP contribution < -0.4 is 0 Å². The smallest absolute Gasteiger partial charge is 0.226 e. The Morgan fingerprint density at radius 1 is 0.913 bits per heavy atom. The highest BCUT2D eigenvalue weighted by molar-refractivity contribution is 5.84. The normalized spacial score (nSPS) is 27.0. The maximum Gasteiger partial charge on any atom is 0.226 e. The molecule has 2 saturated carbocycles. The Kier molecular flexibility index (Phi) is 3.58. The average Bonchev–Trinajstić information content (AvgIpc) is 3.47. The number of hydrogen-bond acceptors (Lipinski definition) is 2. The lowest BCUT2D eigenvalue weighted by Gasteiger charge is -2.35. The van der Waals surface area contributed by atoms with Crippen LogP contribution in [0.4, 0.5) is 4.39 Å². The van der Waals surface area contributed by atoms with Crippen LogP contribution in [0.2, 0.25) is 0 Å². The molecular formula is C18H21FN2O2. The molecule has 23 heavy (non-hydrogen) atoms. The molecule has 0 radical (unpaired) electrons. The van der Waals surface area contributed by atoms with E-state index in [2.05, 4.69) is 0 Å². The number of halogens is 1. The fraction of sp³-hybridized carbons (Fsp3) is 0.556. The molecule has 1 aromatic carbocycles. The molecule has 0 unspecified atom stereocenters. The van der Waals surface area contributed by atoms with E-state index in [1.165, 1.54) is 12.1 Å². The zero-order valence-electron chi connectivity index (χ0n) is 13.1. The first kappa shape index (κ1) is 14.7. The molecule has 4 rings (SSSR count). The number of carbonyl (C=O) groups excluding carboxylic acids is 2. The molecule has 0 spiro atoms. The second-order valence-corrected chi connectivity index (χ2v) is 6.93. The molecule has 2 amide bonds. The van der Waals surface area contributed by atoms with E-state index < -0.39 is 0 Å². The molecule has 0 aromatic heterocycles. The van der Waals surface area contributed by atoms with Crippen molar-refractivity contribution < 1.29 is 14.0 Å². The van der Waals surface area contributed by atoms with E-state index in [-0.39, 0.29) is 35.4 Å².